The van der Waals surface area contributed by atoms with Gasteiger partial charge in [-0.1, -0.05) is 18.2 Å². The van der Waals surface area contributed by atoms with Gasteiger partial charge >= 0.3 is 0 Å². The van der Waals surface area contributed by atoms with Gasteiger partial charge in [0.2, 0.25) is 0 Å². The van der Waals surface area contributed by atoms with Crippen LogP contribution in [0.15, 0.2) is 53.1 Å². The molecule has 146 valence electrons. The molecule has 0 spiro atoms. The Bertz CT molecular complexity index is 915. The highest BCUT2D eigenvalue weighted by Gasteiger charge is 2.26. The predicted molar refractivity (Wildman–Crippen MR) is 102 cm³/mol. The summed E-state index contributed by atoms with van der Waals surface area (Å²) in [7, 11) is 0. The lowest BCUT2D eigenvalue weighted by atomic mass is 10.1. The van der Waals surface area contributed by atoms with E-state index in [4.69, 9.17) is 9.15 Å². The van der Waals surface area contributed by atoms with Crippen molar-refractivity contribution in [1.82, 2.24) is 25.2 Å². The second-order valence-electron chi connectivity index (χ2n) is 6.68. The average molecular weight is 381 g/mol. The first-order chi connectivity index (χ1) is 13.7. The van der Waals surface area contributed by atoms with Gasteiger partial charge < -0.3 is 14.5 Å². The number of para-hydroxylation sites is 1. The Kier molecular flexibility index (Phi) is 5.50. The quantitative estimate of drug-likeness (QED) is 0.703. The van der Waals surface area contributed by atoms with Crippen LogP contribution in [0.2, 0.25) is 0 Å². The molecule has 0 radical (unpaired) electrons. The Hall–Kier alpha value is -2.97. The molecule has 1 aromatic carbocycles. The maximum absolute atomic E-state index is 12.6. The molecule has 1 N–H and O–H groups in total. The standard InChI is InChI=1S/C20H23N5O3/c1-15-7-8-19(28-15)18(24-9-11-27-12-10-24)14-21-20(26)17-13-22-25(23-17)16-5-3-2-4-6-16/h2-8,13,18H,9-12,14H2,1H3,(H,21,26). The molecule has 1 aliphatic heterocycles. The van der Waals surface area contributed by atoms with Crippen molar-refractivity contribution >= 4 is 5.91 Å². The molecule has 1 amide bonds. The Morgan fingerprint density at radius 3 is 2.68 bits per heavy atom. The van der Waals surface area contributed by atoms with Crippen molar-refractivity contribution in [3.8, 4) is 5.69 Å². The number of nitrogens with zero attached hydrogens (tertiary/aromatic N) is 4. The van der Waals surface area contributed by atoms with Gasteiger partial charge in [-0.2, -0.15) is 9.90 Å². The summed E-state index contributed by atoms with van der Waals surface area (Å²) < 4.78 is 11.3. The maximum Gasteiger partial charge on any atom is 0.273 e. The second-order valence-corrected chi connectivity index (χ2v) is 6.68. The molecule has 2 aromatic heterocycles. The summed E-state index contributed by atoms with van der Waals surface area (Å²) in [5, 5.41) is 11.4. The van der Waals surface area contributed by atoms with Gasteiger partial charge in [0.15, 0.2) is 5.69 Å². The molecular formula is C20H23N5O3. The molecular weight excluding hydrogens is 358 g/mol. The number of carbonyl (C=O) groups excluding carboxylic acids is 1. The lowest BCUT2D eigenvalue weighted by Crippen LogP contribution is -2.43. The highest BCUT2D eigenvalue weighted by molar-refractivity contribution is 5.91. The number of aryl methyl sites for hydroxylation is 1. The summed E-state index contributed by atoms with van der Waals surface area (Å²) in [6, 6.07) is 13.3. The third kappa shape index (κ3) is 4.13. The predicted octanol–water partition coefficient (Wildman–Crippen LogP) is 1.97. The van der Waals surface area contributed by atoms with Crippen LogP contribution in [0.1, 0.15) is 28.1 Å². The van der Waals surface area contributed by atoms with Gasteiger partial charge in [-0.3, -0.25) is 9.69 Å². The van der Waals surface area contributed by atoms with Crippen LogP contribution in [0.3, 0.4) is 0 Å². The molecule has 1 unspecified atom stereocenters. The number of ether oxygens (including phenoxy) is 1. The topological polar surface area (TPSA) is 85.4 Å². The number of nitrogens with one attached hydrogen (secondary N) is 1. The average Bonchev–Trinajstić information content (AvgIpc) is 3.39. The van der Waals surface area contributed by atoms with Crippen molar-refractivity contribution in [1.29, 1.82) is 0 Å². The molecule has 1 saturated heterocycles. The SMILES string of the molecule is Cc1ccc(C(CNC(=O)c2cnn(-c3ccccc3)n2)N2CCOCC2)o1. The third-order valence-electron chi connectivity index (χ3n) is 4.74. The van der Waals surface area contributed by atoms with Gasteiger partial charge in [-0.25, -0.2) is 0 Å². The molecule has 1 fully saturated rings. The van der Waals surface area contributed by atoms with Crippen LogP contribution in [0.25, 0.3) is 5.69 Å². The van der Waals surface area contributed by atoms with Crippen LogP contribution in [0, 0.1) is 6.92 Å². The summed E-state index contributed by atoms with van der Waals surface area (Å²) >= 11 is 0. The molecule has 3 heterocycles. The Morgan fingerprint density at radius 2 is 1.96 bits per heavy atom. The van der Waals surface area contributed by atoms with E-state index < -0.39 is 0 Å². The van der Waals surface area contributed by atoms with Crippen molar-refractivity contribution in [3.63, 3.8) is 0 Å². The van der Waals surface area contributed by atoms with Crippen LogP contribution in [-0.2, 0) is 4.74 Å². The van der Waals surface area contributed by atoms with Crippen LogP contribution in [-0.4, -0.2) is 58.6 Å². The van der Waals surface area contributed by atoms with Gasteiger partial charge in [-0.15, -0.1) is 5.10 Å². The van der Waals surface area contributed by atoms with Crippen molar-refractivity contribution < 1.29 is 13.9 Å². The molecule has 8 heteroatoms. The lowest BCUT2D eigenvalue weighted by molar-refractivity contribution is 0.0117. The van der Waals surface area contributed by atoms with Gasteiger partial charge in [0.25, 0.3) is 5.91 Å². The van der Waals surface area contributed by atoms with Crippen molar-refractivity contribution in [3.05, 3.63) is 65.9 Å². The number of furan rings is 1. The highest BCUT2D eigenvalue weighted by atomic mass is 16.5. The van der Waals surface area contributed by atoms with E-state index in [1.165, 1.54) is 11.0 Å². The number of morpholine rings is 1. The molecule has 0 bridgehead atoms. The second kappa shape index (κ2) is 8.37. The van der Waals surface area contributed by atoms with E-state index in [1.54, 1.807) is 0 Å². The van der Waals surface area contributed by atoms with Crippen molar-refractivity contribution in [2.45, 2.75) is 13.0 Å². The van der Waals surface area contributed by atoms with Crippen LogP contribution >= 0.6 is 0 Å². The first-order valence-corrected chi connectivity index (χ1v) is 9.35. The normalized spacial score (nSPS) is 16.0. The summed E-state index contributed by atoms with van der Waals surface area (Å²) in [6.45, 7) is 5.28. The zero-order valence-corrected chi connectivity index (χ0v) is 15.7. The third-order valence-corrected chi connectivity index (χ3v) is 4.74. The van der Waals surface area contributed by atoms with E-state index >= 15 is 0 Å². The number of rotatable bonds is 6. The molecule has 3 aromatic rings. The largest absolute Gasteiger partial charge is 0.465 e. The summed E-state index contributed by atoms with van der Waals surface area (Å²) in [5.74, 6) is 1.43. The first-order valence-electron chi connectivity index (χ1n) is 9.35. The van der Waals surface area contributed by atoms with Gasteiger partial charge in [0.1, 0.15) is 11.5 Å². The molecule has 4 rings (SSSR count). The Labute approximate surface area is 163 Å². The summed E-state index contributed by atoms with van der Waals surface area (Å²) in [4.78, 5) is 16.3. The number of benzene rings is 1. The van der Waals surface area contributed by atoms with Crippen LogP contribution in [0.5, 0.6) is 0 Å². The highest BCUT2D eigenvalue weighted by Crippen LogP contribution is 2.23. The van der Waals surface area contributed by atoms with Crippen LogP contribution in [0.4, 0.5) is 0 Å². The minimum absolute atomic E-state index is 0.0503. The lowest BCUT2D eigenvalue weighted by Gasteiger charge is -2.33. The van der Waals surface area contributed by atoms with Crippen molar-refractivity contribution in [2.24, 2.45) is 0 Å². The number of hydrogen-bond acceptors (Lipinski definition) is 6. The zero-order valence-electron chi connectivity index (χ0n) is 15.7. The van der Waals surface area contributed by atoms with Gasteiger partial charge in [0, 0.05) is 19.6 Å². The summed E-state index contributed by atoms with van der Waals surface area (Å²) in [5.41, 5.74) is 1.08. The molecule has 8 nitrogen and oxygen atoms in total. The Morgan fingerprint density at radius 1 is 1.18 bits per heavy atom. The number of carbonyl (C=O) groups is 1. The number of amides is 1. The number of aromatic nitrogens is 3. The van der Waals surface area contributed by atoms with E-state index in [0.717, 1.165) is 30.3 Å². The minimum atomic E-state index is -0.260. The Balaban J connectivity index is 1.45. The fourth-order valence-electron chi connectivity index (χ4n) is 3.26. The molecule has 1 atom stereocenters. The molecule has 0 saturated carbocycles. The minimum Gasteiger partial charge on any atom is -0.465 e. The van der Waals surface area contributed by atoms with E-state index in [1.807, 2.05) is 49.4 Å². The van der Waals surface area contributed by atoms with Gasteiger partial charge in [0.05, 0.1) is 31.1 Å². The van der Waals surface area contributed by atoms with E-state index in [2.05, 4.69) is 20.4 Å². The smallest absolute Gasteiger partial charge is 0.273 e. The van der Waals surface area contributed by atoms with Gasteiger partial charge in [-0.05, 0) is 31.2 Å². The zero-order chi connectivity index (χ0) is 19.3. The molecule has 28 heavy (non-hydrogen) atoms. The van der Waals surface area contributed by atoms with Crippen molar-refractivity contribution in [2.75, 3.05) is 32.8 Å². The number of hydrogen-bond donors (Lipinski definition) is 1. The molecule has 0 aliphatic carbocycles. The fraction of sp³-hybridized carbons (Fsp3) is 0.350. The summed E-state index contributed by atoms with van der Waals surface area (Å²) in [6.07, 6.45) is 1.48. The van der Waals surface area contributed by atoms with Crippen LogP contribution < -0.4 is 5.32 Å². The monoisotopic (exact) mass is 381 g/mol. The molecule has 1 aliphatic rings. The fourth-order valence-corrected chi connectivity index (χ4v) is 3.26. The van der Waals surface area contributed by atoms with E-state index in [-0.39, 0.29) is 17.6 Å². The van der Waals surface area contributed by atoms with E-state index in [9.17, 15) is 4.79 Å². The maximum atomic E-state index is 12.6. The first kappa shape index (κ1) is 18.4. The van der Waals surface area contributed by atoms with E-state index in [0.29, 0.717) is 19.8 Å².